The molecule has 0 bridgehead atoms. The lowest BCUT2D eigenvalue weighted by molar-refractivity contribution is -0.677. The Kier molecular flexibility index (Phi) is 6.05. The van der Waals surface area contributed by atoms with E-state index < -0.39 is 6.10 Å². The predicted octanol–water partition coefficient (Wildman–Crippen LogP) is 2.54. The highest BCUT2D eigenvalue weighted by atomic mass is 35.5. The Balaban J connectivity index is 1.92. The van der Waals surface area contributed by atoms with Gasteiger partial charge in [-0.15, -0.1) is 0 Å². The Hall–Kier alpha value is -1.55. The summed E-state index contributed by atoms with van der Waals surface area (Å²) < 4.78 is 5.59. The van der Waals surface area contributed by atoms with Crippen molar-refractivity contribution in [3.8, 4) is 5.75 Å². The molecule has 4 heteroatoms. The minimum absolute atomic E-state index is 0.471. The van der Waals surface area contributed by atoms with E-state index in [-0.39, 0.29) is 0 Å². The first kappa shape index (κ1) is 15.8. The van der Waals surface area contributed by atoms with E-state index in [0.717, 1.165) is 23.4 Å². The maximum absolute atomic E-state index is 10.1. The first-order valence-electron chi connectivity index (χ1n) is 7.16. The van der Waals surface area contributed by atoms with Crippen LogP contribution in [0.1, 0.15) is 24.2 Å². The molecular formula is C17H21ClNO2+. The minimum Gasteiger partial charge on any atom is -0.493 e. The van der Waals surface area contributed by atoms with Crippen LogP contribution in [-0.2, 0) is 6.54 Å². The normalized spacial score (nSPS) is 12.1. The second-order valence-electron chi connectivity index (χ2n) is 4.84. The third kappa shape index (κ3) is 4.74. The number of quaternary nitrogens is 1. The first-order chi connectivity index (χ1) is 10.2. The molecule has 0 unspecified atom stereocenters. The SMILES string of the molecule is CCOc1ccc(Cl)cc1C[NH2+]C[C@H](O)c1ccccc1. The van der Waals surface area contributed by atoms with Gasteiger partial charge in [0.1, 0.15) is 24.9 Å². The molecule has 0 heterocycles. The monoisotopic (exact) mass is 306 g/mol. The maximum atomic E-state index is 10.1. The van der Waals surface area contributed by atoms with Crippen LogP contribution in [0.15, 0.2) is 48.5 Å². The molecule has 1 atom stereocenters. The quantitative estimate of drug-likeness (QED) is 0.826. The van der Waals surface area contributed by atoms with E-state index in [9.17, 15) is 5.11 Å². The molecule has 3 N–H and O–H groups in total. The van der Waals surface area contributed by atoms with Gasteiger partial charge in [0.2, 0.25) is 0 Å². The van der Waals surface area contributed by atoms with Crippen molar-refractivity contribution in [2.75, 3.05) is 13.2 Å². The van der Waals surface area contributed by atoms with Crippen LogP contribution in [0.4, 0.5) is 0 Å². The number of hydrogen-bond donors (Lipinski definition) is 2. The zero-order chi connectivity index (χ0) is 15.1. The number of hydrogen-bond acceptors (Lipinski definition) is 2. The predicted molar refractivity (Wildman–Crippen MR) is 84.5 cm³/mol. The summed E-state index contributed by atoms with van der Waals surface area (Å²) in [4.78, 5) is 0. The molecule has 0 aliphatic rings. The highest BCUT2D eigenvalue weighted by Crippen LogP contribution is 2.22. The van der Waals surface area contributed by atoms with Crippen molar-refractivity contribution in [3.05, 3.63) is 64.7 Å². The zero-order valence-corrected chi connectivity index (χ0v) is 12.9. The number of aliphatic hydroxyl groups excluding tert-OH is 1. The van der Waals surface area contributed by atoms with Crippen molar-refractivity contribution in [3.63, 3.8) is 0 Å². The van der Waals surface area contributed by atoms with Crippen LogP contribution < -0.4 is 10.1 Å². The van der Waals surface area contributed by atoms with Crippen LogP contribution in [-0.4, -0.2) is 18.3 Å². The van der Waals surface area contributed by atoms with Gasteiger partial charge < -0.3 is 15.2 Å². The molecule has 0 aliphatic carbocycles. The summed E-state index contributed by atoms with van der Waals surface area (Å²) in [7, 11) is 0. The number of aliphatic hydroxyl groups is 1. The van der Waals surface area contributed by atoms with E-state index in [2.05, 4.69) is 5.32 Å². The average molecular weight is 307 g/mol. The van der Waals surface area contributed by atoms with Crippen LogP contribution >= 0.6 is 11.6 Å². The molecule has 3 nitrogen and oxygen atoms in total. The van der Waals surface area contributed by atoms with Gasteiger partial charge in [-0.05, 0) is 30.7 Å². The molecule has 0 amide bonds. The Morgan fingerprint density at radius 2 is 1.95 bits per heavy atom. The van der Waals surface area contributed by atoms with Crippen LogP contribution in [0.5, 0.6) is 5.75 Å². The van der Waals surface area contributed by atoms with E-state index in [1.807, 2.05) is 55.5 Å². The van der Waals surface area contributed by atoms with Gasteiger partial charge in [0.25, 0.3) is 0 Å². The lowest BCUT2D eigenvalue weighted by Crippen LogP contribution is -2.83. The molecule has 2 aromatic rings. The zero-order valence-electron chi connectivity index (χ0n) is 12.1. The van der Waals surface area contributed by atoms with Crippen LogP contribution in [0.25, 0.3) is 0 Å². The molecule has 0 spiro atoms. The van der Waals surface area contributed by atoms with Crippen LogP contribution in [0.2, 0.25) is 5.02 Å². The van der Waals surface area contributed by atoms with Gasteiger partial charge in [-0.3, -0.25) is 0 Å². The van der Waals surface area contributed by atoms with Crippen molar-refractivity contribution < 1.29 is 15.2 Å². The smallest absolute Gasteiger partial charge is 0.128 e. The van der Waals surface area contributed by atoms with Crippen LogP contribution in [0.3, 0.4) is 0 Å². The lowest BCUT2D eigenvalue weighted by Gasteiger charge is -2.12. The van der Waals surface area contributed by atoms with E-state index in [0.29, 0.717) is 18.2 Å². The van der Waals surface area contributed by atoms with Crippen molar-refractivity contribution in [2.45, 2.75) is 19.6 Å². The minimum atomic E-state index is -0.471. The fourth-order valence-corrected chi connectivity index (χ4v) is 2.41. The Morgan fingerprint density at radius 3 is 2.67 bits per heavy atom. The lowest BCUT2D eigenvalue weighted by atomic mass is 10.1. The van der Waals surface area contributed by atoms with E-state index in [1.165, 1.54) is 0 Å². The Labute approximate surface area is 130 Å². The van der Waals surface area contributed by atoms with E-state index in [1.54, 1.807) is 0 Å². The fraction of sp³-hybridized carbons (Fsp3) is 0.294. The number of halogens is 1. The van der Waals surface area contributed by atoms with Gasteiger partial charge in [0, 0.05) is 10.6 Å². The summed E-state index contributed by atoms with van der Waals surface area (Å²) in [5, 5.41) is 12.9. The molecule has 0 aromatic heterocycles. The van der Waals surface area contributed by atoms with Crippen molar-refractivity contribution >= 4 is 11.6 Å². The largest absolute Gasteiger partial charge is 0.493 e. The van der Waals surface area contributed by atoms with E-state index >= 15 is 0 Å². The third-order valence-corrected chi connectivity index (χ3v) is 3.50. The van der Waals surface area contributed by atoms with Crippen molar-refractivity contribution in [1.82, 2.24) is 0 Å². The summed E-state index contributed by atoms with van der Waals surface area (Å²) in [6.07, 6.45) is -0.471. The topological polar surface area (TPSA) is 46.1 Å². The molecule has 21 heavy (non-hydrogen) atoms. The molecule has 0 aliphatic heterocycles. The van der Waals surface area contributed by atoms with Crippen molar-refractivity contribution in [1.29, 1.82) is 0 Å². The highest BCUT2D eigenvalue weighted by molar-refractivity contribution is 6.30. The molecule has 0 radical (unpaired) electrons. The van der Waals surface area contributed by atoms with Crippen molar-refractivity contribution in [2.24, 2.45) is 0 Å². The number of ether oxygens (including phenoxy) is 1. The van der Waals surface area contributed by atoms with E-state index in [4.69, 9.17) is 16.3 Å². The molecule has 2 rings (SSSR count). The molecule has 112 valence electrons. The molecule has 0 saturated heterocycles. The summed E-state index contributed by atoms with van der Waals surface area (Å²) in [6, 6.07) is 15.3. The molecule has 0 saturated carbocycles. The van der Waals surface area contributed by atoms with Gasteiger partial charge in [-0.25, -0.2) is 0 Å². The average Bonchev–Trinajstić information content (AvgIpc) is 2.51. The summed E-state index contributed by atoms with van der Waals surface area (Å²) in [6.45, 7) is 3.91. The molecule has 2 aromatic carbocycles. The summed E-state index contributed by atoms with van der Waals surface area (Å²) in [5.41, 5.74) is 1.98. The Bertz CT molecular complexity index is 560. The standard InChI is InChI=1S/C17H20ClNO2/c1-2-21-17-9-8-15(18)10-14(17)11-19-12-16(20)13-6-4-3-5-7-13/h3-10,16,19-20H,2,11-12H2,1H3/p+1/t16-/m0/s1. The summed E-state index contributed by atoms with van der Waals surface area (Å²) >= 11 is 6.04. The first-order valence-corrected chi connectivity index (χ1v) is 7.54. The highest BCUT2D eigenvalue weighted by Gasteiger charge is 2.11. The summed E-state index contributed by atoms with van der Waals surface area (Å²) in [5.74, 6) is 0.854. The fourth-order valence-electron chi connectivity index (χ4n) is 2.21. The second-order valence-corrected chi connectivity index (χ2v) is 5.28. The maximum Gasteiger partial charge on any atom is 0.128 e. The third-order valence-electron chi connectivity index (χ3n) is 3.26. The molecule has 0 fully saturated rings. The van der Waals surface area contributed by atoms with Gasteiger partial charge in [0.15, 0.2) is 0 Å². The van der Waals surface area contributed by atoms with Gasteiger partial charge in [0.05, 0.1) is 6.61 Å². The number of rotatable bonds is 7. The number of nitrogens with two attached hydrogens (primary N) is 1. The Morgan fingerprint density at radius 1 is 1.19 bits per heavy atom. The van der Waals surface area contributed by atoms with Gasteiger partial charge in [-0.2, -0.15) is 0 Å². The van der Waals surface area contributed by atoms with Gasteiger partial charge >= 0.3 is 0 Å². The van der Waals surface area contributed by atoms with Gasteiger partial charge in [-0.1, -0.05) is 41.9 Å². The second kappa shape index (κ2) is 8.03. The number of benzene rings is 2. The molecular weight excluding hydrogens is 286 g/mol. The van der Waals surface area contributed by atoms with Crippen LogP contribution in [0, 0.1) is 0 Å².